The number of carbonyl (C=O) groups excluding carboxylic acids is 1. The second-order valence-corrected chi connectivity index (χ2v) is 5.83. The van der Waals surface area contributed by atoms with Crippen LogP contribution in [0.25, 0.3) is 0 Å². The molecule has 0 aliphatic heterocycles. The predicted octanol–water partition coefficient (Wildman–Crippen LogP) is 0.184. The number of amides is 1. The summed E-state index contributed by atoms with van der Waals surface area (Å²) in [5.74, 6) is 0.579. The first kappa shape index (κ1) is 17.7. The number of benzene rings is 1. The van der Waals surface area contributed by atoms with Gasteiger partial charge in [-0.25, -0.2) is 4.98 Å². The molecule has 7 nitrogen and oxygen atoms in total. The lowest BCUT2D eigenvalue weighted by molar-refractivity contribution is -0.125. The monoisotopic (exact) mass is 329 g/mol. The van der Waals surface area contributed by atoms with Crippen molar-refractivity contribution in [1.29, 1.82) is 0 Å². The Hall–Kier alpha value is -2.67. The van der Waals surface area contributed by atoms with E-state index < -0.39 is 0 Å². The van der Waals surface area contributed by atoms with Crippen LogP contribution in [0.5, 0.6) is 0 Å². The van der Waals surface area contributed by atoms with Crippen molar-refractivity contribution in [2.24, 2.45) is 0 Å². The normalized spacial score (nSPS) is 12.1. The Bertz CT molecular complexity index is 727. The average Bonchev–Trinajstić information content (AvgIpc) is 2.52. The van der Waals surface area contributed by atoms with Crippen molar-refractivity contribution >= 4 is 11.7 Å². The van der Waals surface area contributed by atoms with Crippen LogP contribution in [0.2, 0.25) is 0 Å². The topological polar surface area (TPSA) is 104 Å². The summed E-state index contributed by atoms with van der Waals surface area (Å²) in [7, 11) is 3.76. The summed E-state index contributed by atoms with van der Waals surface area (Å²) < 4.78 is 0. The smallest absolute Gasteiger partial charge is 0.252 e. The molecule has 0 bridgehead atoms. The molecule has 128 valence electrons. The second kappa shape index (κ2) is 8.26. The average molecular weight is 329 g/mol. The van der Waals surface area contributed by atoms with Crippen molar-refractivity contribution < 1.29 is 4.79 Å². The number of nitrogens with two attached hydrogens (primary N) is 1. The molecular formula is C17H23N5O2. The molecule has 7 heteroatoms. The van der Waals surface area contributed by atoms with Gasteiger partial charge in [0, 0.05) is 19.0 Å². The van der Waals surface area contributed by atoms with E-state index in [0.29, 0.717) is 25.2 Å². The van der Waals surface area contributed by atoms with Crippen LogP contribution in [0, 0.1) is 0 Å². The van der Waals surface area contributed by atoms with Crippen LogP contribution in [0.4, 0.5) is 5.82 Å². The molecule has 1 aromatic carbocycles. The number of aromatic amines is 1. The maximum atomic E-state index is 12.4. The predicted molar refractivity (Wildman–Crippen MR) is 93.6 cm³/mol. The number of aromatic nitrogens is 2. The highest BCUT2D eigenvalue weighted by Gasteiger charge is 2.20. The number of nitrogen functional groups attached to an aromatic ring is 1. The van der Waals surface area contributed by atoms with Crippen molar-refractivity contribution in [3.63, 3.8) is 0 Å². The summed E-state index contributed by atoms with van der Waals surface area (Å²) >= 11 is 0. The molecular weight excluding hydrogens is 306 g/mol. The molecule has 4 N–H and O–H groups in total. The minimum Gasteiger partial charge on any atom is -0.383 e. The van der Waals surface area contributed by atoms with Crippen LogP contribution >= 0.6 is 0 Å². The van der Waals surface area contributed by atoms with Gasteiger partial charge in [0.05, 0.1) is 6.04 Å². The Balaban J connectivity index is 1.92. The van der Waals surface area contributed by atoms with E-state index in [9.17, 15) is 9.59 Å². The zero-order chi connectivity index (χ0) is 17.5. The summed E-state index contributed by atoms with van der Waals surface area (Å²) in [6.45, 7) is 0.379. The molecule has 0 spiro atoms. The number of nitrogens with one attached hydrogen (secondary N) is 2. The molecule has 1 amide bonds. The van der Waals surface area contributed by atoms with Crippen LogP contribution < -0.4 is 16.6 Å². The second-order valence-electron chi connectivity index (χ2n) is 5.83. The quantitative estimate of drug-likeness (QED) is 0.672. The van der Waals surface area contributed by atoms with Gasteiger partial charge in [-0.3, -0.25) is 14.5 Å². The number of hydrogen-bond donors (Lipinski definition) is 3. The van der Waals surface area contributed by atoms with E-state index in [0.717, 1.165) is 5.56 Å². The molecule has 2 aromatic rings. The zero-order valence-electron chi connectivity index (χ0n) is 14.0. The van der Waals surface area contributed by atoms with Gasteiger partial charge < -0.3 is 16.0 Å². The number of carbonyl (C=O) groups is 1. The molecule has 1 atom stereocenters. The SMILES string of the molecule is CN(C)[C@@H](Cc1ccccc1)C(=O)NCCc1nc(N)cc(=O)[nH]1. The zero-order valence-corrected chi connectivity index (χ0v) is 14.0. The van der Waals surface area contributed by atoms with Crippen LogP contribution in [0.1, 0.15) is 11.4 Å². The number of H-pyrrole nitrogens is 1. The summed E-state index contributed by atoms with van der Waals surface area (Å²) in [4.78, 5) is 32.3. The Labute approximate surface area is 140 Å². The molecule has 24 heavy (non-hydrogen) atoms. The Morgan fingerprint density at radius 1 is 1.33 bits per heavy atom. The number of anilines is 1. The maximum absolute atomic E-state index is 12.4. The van der Waals surface area contributed by atoms with E-state index in [1.54, 1.807) is 0 Å². The standard InChI is InChI=1S/C17H23N5O2/c1-22(2)13(10-12-6-4-3-5-7-12)17(24)19-9-8-15-20-14(18)11-16(23)21-15/h3-7,11,13H,8-10H2,1-2H3,(H,19,24)(H3,18,20,21,23)/t13-/m0/s1. The maximum Gasteiger partial charge on any atom is 0.252 e. The van der Waals surface area contributed by atoms with E-state index >= 15 is 0 Å². The van der Waals surface area contributed by atoms with Gasteiger partial charge in [0.25, 0.3) is 5.56 Å². The Morgan fingerprint density at radius 2 is 2.04 bits per heavy atom. The highest BCUT2D eigenvalue weighted by molar-refractivity contribution is 5.82. The summed E-state index contributed by atoms with van der Waals surface area (Å²) in [6.07, 6.45) is 1.05. The van der Waals surface area contributed by atoms with E-state index in [4.69, 9.17) is 5.73 Å². The van der Waals surface area contributed by atoms with Gasteiger partial charge >= 0.3 is 0 Å². The summed E-state index contributed by atoms with van der Waals surface area (Å²) in [5, 5.41) is 2.89. The van der Waals surface area contributed by atoms with Gasteiger partial charge in [-0.1, -0.05) is 30.3 Å². The van der Waals surface area contributed by atoms with Gasteiger partial charge in [-0.15, -0.1) is 0 Å². The summed E-state index contributed by atoms with van der Waals surface area (Å²) in [5.41, 5.74) is 6.35. The number of nitrogens with zero attached hydrogens (tertiary/aromatic N) is 2. The molecule has 0 radical (unpaired) electrons. The Kier molecular flexibility index (Phi) is 6.08. The fourth-order valence-electron chi connectivity index (χ4n) is 2.42. The lowest BCUT2D eigenvalue weighted by Gasteiger charge is -2.23. The lowest BCUT2D eigenvalue weighted by Crippen LogP contribution is -2.45. The van der Waals surface area contributed by atoms with Crippen LogP contribution in [-0.4, -0.2) is 47.5 Å². The van der Waals surface area contributed by atoms with E-state index in [1.165, 1.54) is 6.07 Å². The van der Waals surface area contributed by atoms with Gasteiger partial charge in [-0.2, -0.15) is 0 Å². The number of hydrogen-bond acceptors (Lipinski definition) is 5. The van der Waals surface area contributed by atoms with E-state index in [-0.39, 0.29) is 23.3 Å². The molecule has 0 fully saturated rings. The molecule has 2 rings (SSSR count). The fraction of sp³-hybridized carbons (Fsp3) is 0.353. The molecule has 0 aliphatic rings. The van der Waals surface area contributed by atoms with Gasteiger partial charge in [-0.05, 0) is 26.1 Å². The van der Waals surface area contributed by atoms with Crippen molar-refractivity contribution in [3.05, 3.63) is 58.1 Å². The highest BCUT2D eigenvalue weighted by atomic mass is 16.2. The minimum absolute atomic E-state index is 0.0601. The van der Waals surface area contributed by atoms with Crippen molar-refractivity contribution in [2.45, 2.75) is 18.9 Å². The largest absolute Gasteiger partial charge is 0.383 e. The third-order valence-corrected chi connectivity index (χ3v) is 3.67. The first-order valence-corrected chi connectivity index (χ1v) is 7.79. The van der Waals surface area contributed by atoms with Crippen molar-refractivity contribution in [2.75, 3.05) is 26.4 Å². The lowest BCUT2D eigenvalue weighted by atomic mass is 10.0. The van der Waals surface area contributed by atoms with E-state index in [2.05, 4.69) is 15.3 Å². The first-order chi connectivity index (χ1) is 11.5. The van der Waals surface area contributed by atoms with Gasteiger partial charge in [0.1, 0.15) is 11.6 Å². The third kappa shape index (κ3) is 5.20. The van der Waals surface area contributed by atoms with Crippen molar-refractivity contribution in [1.82, 2.24) is 20.2 Å². The number of rotatable bonds is 7. The molecule has 0 aliphatic carbocycles. The van der Waals surface area contributed by atoms with Crippen molar-refractivity contribution in [3.8, 4) is 0 Å². The van der Waals surface area contributed by atoms with Gasteiger partial charge in [0.2, 0.25) is 5.91 Å². The molecule has 0 saturated heterocycles. The first-order valence-electron chi connectivity index (χ1n) is 7.79. The fourth-order valence-corrected chi connectivity index (χ4v) is 2.42. The molecule has 0 saturated carbocycles. The molecule has 1 aromatic heterocycles. The summed E-state index contributed by atoms with van der Waals surface area (Å²) in [6, 6.07) is 10.8. The van der Waals surface area contributed by atoms with E-state index in [1.807, 2.05) is 49.3 Å². The Morgan fingerprint density at radius 3 is 2.67 bits per heavy atom. The minimum atomic E-state index is -0.293. The van der Waals surface area contributed by atoms with Crippen LogP contribution in [-0.2, 0) is 17.6 Å². The van der Waals surface area contributed by atoms with Crippen LogP contribution in [0.3, 0.4) is 0 Å². The molecule has 0 unspecified atom stereocenters. The van der Waals surface area contributed by atoms with Crippen LogP contribution in [0.15, 0.2) is 41.2 Å². The third-order valence-electron chi connectivity index (χ3n) is 3.67. The van der Waals surface area contributed by atoms with Gasteiger partial charge in [0.15, 0.2) is 0 Å². The number of likely N-dealkylation sites (N-methyl/N-ethyl adjacent to an activating group) is 1. The highest BCUT2D eigenvalue weighted by Crippen LogP contribution is 2.07. The molecule has 1 heterocycles.